The van der Waals surface area contributed by atoms with Crippen LogP contribution in [0.4, 0.5) is 11.4 Å². The molecule has 2 N–H and O–H groups in total. The zero-order valence-electron chi connectivity index (χ0n) is 14.2. The van der Waals surface area contributed by atoms with E-state index in [1.165, 1.54) is 24.3 Å². The number of carbonyl (C=O) groups excluding carboxylic acids is 2. The zero-order chi connectivity index (χ0) is 18.8. The summed E-state index contributed by atoms with van der Waals surface area (Å²) in [5.41, 5.74) is 2.57. The third-order valence-corrected chi connectivity index (χ3v) is 4.16. The van der Waals surface area contributed by atoms with Crippen molar-refractivity contribution in [3.05, 3.63) is 63.2 Å². The van der Waals surface area contributed by atoms with E-state index in [-0.39, 0.29) is 12.3 Å². The Bertz CT molecular complexity index is 892. The maximum atomic E-state index is 12.8. The van der Waals surface area contributed by atoms with E-state index < -0.39 is 22.8 Å². The molecule has 0 radical (unpaired) electrons. The Hall–Kier alpha value is -3.42. The average Bonchev–Trinajstić information content (AvgIpc) is 2.79. The molecule has 1 heterocycles. The van der Waals surface area contributed by atoms with Crippen LogP contribution in [0.3, 0.4) is 0 Å². The largest absolute Gasteiger partial charge is 0.483 e. The van der Waals surface area contributed by atoms with Crippen molar-refractivity contribution < 1.29 is 19.2 Å². The van der Waals surface area contributed by atoms with Crippen LogP contribution in [-0.4, -0.2) is 23.3 Å². The monoisotopic (exact) mass is 355 g/mol. The van der Waals surface area contributed by atoms with Gasteiger partial charge in [0.1, 0.15) is 11.8 Å². The fraction of sp³-hybridized carbons (Fsp3) is 0.222. The maximum absolute atomic E-state index is 12.8. The highest BCUT2D eigenvalue weighted by molar-refractivity contribution is 5.99. The van der Waals surface area contributed by atoms with Gasteiger partial charge in [-0.25, -0.2) is 0 Å². The first-order chi connectivity index (χ1) is 12.4. The molecule has 0 aromatic heterocycles. The number of hydrogen-bond donors (Lipinski definition) is 2. The van der Waals surface area contributed by atoms with Crippen molar-refractivity contribution in [2.24, 2.45) is 0 Å². The van der Waals surface area contributed by atoms with Crippen LogP contribution in [0.2, 0.25) is 0 Å². The molecule has 1 atom stereocenters. The number of nitro benzene ring substituents is 1. The molecule has 0 fully saturated rings. The van der Waals surface area contributed by atoms with Crippen molar-refractivity contribution in [3.63, 3.8) is 0 Å². The predicted octanol–water partition coefficient (Wildman–Crippen LogP) is 2.40. The van der Waals surface area contributed by atoms with E-state index in [1.54, 1.807) is 0 Å². The lowest BCUT2D eigenvalue weighted by molar-refractivity contribution is -0.384. The number of nitrogens with one attached hydrogen (secondary N) is 2. The lowest BCUT2D eigenvalue weighted by atomic mass is 9.96. The smallest absolute Gasteiger partial charge is 0.269 e. The number of benzene rings is 2. The highest BCUT2D eigenvalue weighted by atomic mass is 16.6. The first kappa shape index (κ1) is 17.4. The zero-order valence-corrected chi connectivity index (χ0v) is 14.2. The standard InChI is InChI=1S/C18H17N3O5/c1-10-3-4-11(2)17-15(10)16(20-14(22)9-26-17)18(23)19-12-5-7-13(8-6-12)21(24)25/h3-8,16H,9H2,1-2H3,(H,19,23)(H,20,22). The van der Waals surface area contributed by atoms with E-state index >= 15 is 0 Å². The summed E-state index contributed by atoms with van der Waals surface area (Å²) in [7, 11) is 0. The number of rotatable bonds is 3. The topological polar surface area (TPSA) is 111 Å². The van der Waals surface area contributed by atoms with Gasteiger partial charge in [-0.3, -0.25) is 19.7 Å². The second kappa shape index (κ2) is 6.83. The fourth-order valence-corrected chi connectivity index (χ4v) is 2.85. The summed E-state index contributed by atoms with van der Waals surface area (Å²) in [6, 6.07) is 8.29. The van der Waals surface area contributed by atoms with E-state index in [1.807, 2.05) is 26.0 Å². The Kier molecular flexibility index (Phi) is 4.57. The van der Waals surface area contributed by atoms with Gasteiger partial charge in [-0.15, -0.1) is 0 Å². The normalized spacial score (nSPS) is 15.9. The molecule has 1 aliphatic heterocycles. The Morgan fingerprint density at radius 2 is 1.85 bits per heavy atom. The van der Waals surface area contributed by atoms with Crippen LogP contribution in [0.25, 0.3) is 0 Å². The number of anilines is 1. The number of aryl methyl sites for hydroxylation is 2. The summed E-state index contributed by atoms with van der Waals surface area (Å²) in [5, 5.41) is 16.1. The van der Waals surface area contributed by atoms with Gasteiger partial charge in [0.2, 0.25) is 0 Å². The summed E-state index contributed by atoms with van der Waals surface area (Å²) in [4.78, 5) is 35.0. The molecule has 2 aromatic rings. The summed E-state index contributed by atoms with van der Waals surface area (Å²) < 4.78 is 5.58. The molecular formula is C18H17N3O5. The van der Waals surface area contributed by atoms with Gasteiger partial charge >= 0.3 is 0 Å². The third kappa shape index (κ3) is 3.34. The quantitative estimate of drug-likeness (QED) is 0.649. The van der Waals surface area contributed by atoms with Crippen molar-refractivity contribution >= 4 is 23.2 Å². The molecule has 8 nitrogen and oxygen atoms in total. The number of fused-ring (bicyclic) bond motifs is 1. The van der Waals surface area contributed by atoms with E-state index in [4.69, 9.17) is 4.74 Å². The molecule has 1 unspecified atom stereocenters. The van der Waals surface area contributed by atoms with Gasteiger partial charge in [0, 0.05) is 23.4 Å². The molecule has 0 aliphatic carbocycles. The minimum Gasteiger partial charge on any atom is -0.483 e. The number of nitro groups is 1. The summed E-state index contributed by atoms with van der Waals surface area (Å²) in [6.45, 7) is 3.52. The van der Waals surface area contributed by atoms with Crippen LogP contribution in [0.15, 0.2) is 36.4 Å². The molecule has 0 saturated heterocycles. The highest BCUT2D eigenvalue weighted by Crippen LogP contribution is 2.34. The number of nitrogens with zero attached hydrogens (tertiary/aromatic N) is 1. The Morgan fingerprint density at radius 3 is 2.50 bits per heavy atom. The number of amides is 2. The molecule has 134 valence electrons. The van der Waals surface area contributed by atoms with Crippen LogP contribution in [0.5, 0.6) is 5.75 Å². The molecule has 1 aliphatic rings. The van der Waals surface area contributed by atoms with Crippen molar-refractivity contribution in [1.29, 1.82) is 0 Å². The summed E-state index contributed by atoms with van der Waals surface area (Å²) >= 11 is 0. The Morgan fingerprint density at radius 1 is 1.19 bits per heavy atom. The van der Waals surface area contributed by atoms with Crippen molar-refractivity contribution in [2.45, 2.75) is 19.9 Å². The van der Waals surface area contributed by atoms with Gasteiger partial charge in [0.15, 0.2) is 6.61 Å². The number of non-ortho nitro benzene ring substituents is 1. The molecule has 2 amide bonds. The molecule has 0 spiro atoms. The minimum atomic E-state index is -0.921. The molecular weight excluding hydrogens is 338 g/mol. The van der Waals surface area contributed by atoms with Gasteiger partial charge in [0.25, 0.3) is 17.5 Å². The molecule has 2 aromatic carbocycles. The summed E-state index contributed by atoms with van der Waals surface area (Å²) in [5.74, 6) is -0.330. The lowest BCUT2D eigenvalue weighted by Gasteiger charge is -2.20. The van der Waals surface area contributed by atoms with Crippen LogP contribution >= 0.6 is 0 Å². The van der Waals surface area contributed by atoms with Gasteiger partial charge in [0.05, 0.1) is 4.92 Å². The Labute approximate surface area is 149 Å². The first-order valence-corrected chi connectivity index (χ1v) is 7.94. The predicted molar refractivity (Wildman–Crippen MR) is 94.0 cm³/mol. The van der Waals surface area contributed by atoms with Crippen LogP contribution in [-0.2, 0) is 9.59 Å². The van der Waals surface area contributed by atoms with Gasteiger partial charge in [-0.2, -0.15) is 0 Å². The first-order valence-electron chi connectivity index (χ1n) is 7.94. The van der Waals surface area contributed by atoms with Crippen LogP contribution < -0.4 is 15.4 Å². The second-order valence-electron chi connectivity index (χ2n) is 6.02. The van der Waals surface area contributed by atoms with Crippen molar-refractivity contribution in [1.82, 2.24) is 5.32 Å². The fourth-order valence-electron chi connectivity index (χ4n) is 2.85. The lowest BCUT2D eigenvalue weighted by Crippen LogP contribution is -2.37. The number of hydrogen-bond acceptors (Lipinski definition) is 5. The van der Waals surface area contributed by atoms with Crippen molar-refractivity contribution in [3.8, 4) is 5.75 Å². The number of ether oxygens (including phenoxy) is 1. The molecule has 0 bridgehead atoms. The minimum absolute atomic E-state index is 0.0732. The van der Waals surface area contributed by atoms with E-state index in [0.717, 1.165) is 11.1 Å². The van der Waals surface area contributed by atoms with E-state index in [2.05, 4.69) is 10.6 Å². The second-order valence-corrected chi connectivity index (χ2v) is 6.02. The maximum Gasteiger partial charge on any atom is 0.269 e. The van der Waals surface area contributed by atoms with Crippen LogP contribution in [0, 0.1) is 24.0 Å². The van der Waals surface area contributed by atoms with Gasteiger partial charge in [-0.05, 0) is 37.1 Å². The van der Waals surface area contributed by atoms with Crippen molar-refractivity contribution in [2.75, 3.05) is 11.9 Å². The highest BCUT2D eigenvalue weighted by Gasteiger charge is 2.31. The summed E-state index contributed by atoms with van der Waals surface area (Å²) in [6.07, 6.45) is 0. The molecule has 3 rings (SSSR count). The average molecular weight is 355 g/mol. The third-order valence-electron chi connectivity index (χ3n) is 4.16. The van der Waals surface area contributed by atoms with E-state index in [9.17, 15) is 19.7 Å². The van der Waals surface area contributed by atoms with E-state index in [0.29, 0.717) is 17.0 Å². The van der Waals surface area contributed by atoms with Crippen LogP contribution in [0.1, 0.15) is 22.7 Å². The van der Waals surface area contributed by atoms with Gasteiger partial charge < -0.3 is 15.4 Å². The number of carbonyl (C=O) groups is 2. The molecule has 26 heavy (non-hydrogen) atoms. The Balaban J connectivity index is 1.92. The molecule has 0 saturated carbocycles. The van der Waals surface area contributed by atoms with Gasteiger partial charge in [-0.1, -0.05) is 12.1 Å². The SMILES string of the molecule is Cc1ccc(C)c2c1OCC(=O)NC2C(=O)Nc1ccc([N+](=O)[O-])cc1. The molecule has 8 heteroatoms.